The molecular formula is C13H19N3O3S. The molecule has 0 unspecified atom stereocenters. The minimum atomic E-state index is -0.268. The van der Waals surface area contributed by atoms with Crippen LogP contribution in [0.25, 0.3) is 0 Å². The Kier molecular flexibility index (Phi) is 4.94. The predicted molar refractivity (Wildman–Crippen MR) is 76.9 cm³/mol. The maximum absolute atomic E-state index is 11.9. The van der Waals surface area contributed by atoms with Gasteiger partial charge in [0.25, 0.3) is 0 Å². The summed E-state index contributed by atoms with van der Waals surface area (Å²) in [7, 11) is 1.82. The summed E-state index contributed by atoms with van der Waals surface area (Å²) in [6.45, 7) is 4.09. The Morgan fingerprint density at radius 1 is 1.50 bits per heavy atom. The summed E-state index contributed by atoms with van der Waals surface area (Å²) >= 11 is 1.46. The van der Waals surface area contributed by atoms with Crippen molar-refractivity contribution >= 4 is 28.3 Å². The summed E-state index contributed by atoms with van der Waals surface area (Å²) in [6, 6.07) is 0. The molecule has 0 aromatic carbocycles. The molecule has 0 N–H and O–H groups in total. The van der Waals surface area contributed by atoms with Crippen molar-refractivity contribution in [3.8, 4) is 0 Å². The molecule has 1 aliphatic heterocycles. The molecule has 1 aliphatic rings. The first-order valence-corrected chi connectivity index (χ1v) is 7.57. The third kappa shape index (κ3) is 3.69. The molecule has 1 aromatic rings. The number of hydrogen-bond acceptors (Lipinski definition) is 6. The smallest absolute Gasteiger partial charge is 0.311 e. The lowest BCUT2D eigenvalue weighted by Gasteiger charge is -2.18. The summed E-state index contributed by atoms with van der Waals surface area (Å²) < 4.78 is 4.90. The number of likely N-dealkylation sites (N-methyl/N-ethyl adjacent to an activating group) is 1. The van der Waals surface area contributed by atoms with Crippen molar-refractivity contribution in [1.82, 2.24) is 9.88 Å². The lowest BCUT2D eigenvalue weighted by Crippen LogP contribution is -2.34. The molecule has 2 rings (SSSR count). The van der Waals surface area contributed by atoms with Gasteiger partial charge in [0.15, 0.2) is 5.13 Å². The zero-order chi connectivity index (χ0) is 14.5. The van der Waals surface area contributed by atoms with Gasteiger partial charge < -0.3 is 14.5 Å². The number of rotatable bonds is 4. The quantitative estimate of drug-likeness (QED) is 0.773. The fourth-order valence-corrected chi connectivity index (χ4v) is 2.88. The fraction of sp³-hybridized carbons (Fsp3) is 0.615. The molecule has 2 heterocycles. The molecule has 6 nitrogen and oxygen atoms in total. The van der Waals surface area contributed by atoms with Crippen LogP contribution in [-0.2, 0) is 20.7 Å². The van der Waals surface area contributed by atoms with Crippen molar-refractivity contribution in [2.24, 2.45) is 0 Å². The molecule has 0 aliphatic carbocycles. The maximum atomic E-state index is 11.9. The number of nitrogens with zero attached hydrogens (tertiary/aromatic N) is 3. The van der Waals surface area contributed by atoms with Gasteiger partial charge in [0.05, 0.1) is 25.3 Å². The topological polar surface area (TPSA) is 62.7 Å². The molecule has 1 fully saturated rings. The lowest BCUT2D eigenvalue weighted by molar-refractivity contribution is -0.142. The first kappa shape index (κ1) is 14.8. The van der Waals surface area contributed by atoms with Gasteiger partial charge in [-0.05, 0) is 13.3 Å². The van der Waals surface area contributed by atoms with Crippen molar-refractivity contribution < 1.29 is 14.3 Å². The van der Waals surface area contributed by atoms with E-state index in [1.165, 1.54) is 11.3 Å². The Morgan fingerprint density at radius 2 is 2.30 bits per heavy atom. The highest BCUT2D eigenvalue weighted by molar-refractivity contribution is 7.13. The SMILES string of the molecule is CCOC(=O)Cc1csc(N2CCCN(C)C(=O)C2)n1. The monoisotopic (exact) mass is 297 g/mol. The van der Waals surface area contributed by atoms with E-state index in [2.05, 4.69) is 4.98 Å². The molecule has 0 saturated carbocycles. The van der Waals surface area contributed by atoms with Gasteiger partial charge in [-0.3, -0.25) is 9.59 Å². The number of esters is 1. The van der Waals surface area contributed by atoms with E-state index >= 15 is 0 Å². The van der Waals surface area contributed by atoms with Crippen LogP contribution in [0, 0.1) is 0 Å². The standard InChI is InChI=1S/C13H19N3O3S/c1-3-19-12(18)7-10-9-20-13(14-10)16-6-4-5-15(2)11(17)8-16/h9H,3-8H2,1-2H3. The number of hydrogen-bond donors (Lipinski definition) is 0. The molecule has 1 amide bonds. The number of carbonyl (C=O) groups is 2. The first-order valence-electron chi connectivity index (χ1n) is 6.69. The Bertz CT molecular complexity index is 489. The molecular weight excluding hydrogens is 278 g/mol. The van der Waals surface area contributed by atoms with Gasteiger partial charge in [0.2, 0.25) is 5.91 Å². The van der Waals surface area contributed by atoms with Gasteiger partial charge in [-0.1, -0.05) is 0 Å². The normalized spacial score (nSPS) is 16.2. The average Bonchev–Trinajstić information content (AvgIpc) is 2.78. The van der Waals surface area contributed by atoms with E-state index < -0.39 is 0 Å². The maximum Gasteiger partial charge on any atom is 0.311 e. The molecule has 110 valence electrons. The van der Waals surface area contributed by atoms with Crippen LogP contribution in [0.3, 0.4) is 0 Å². The molecule has 0 spiro atoms. The van der Waals surface area contributed by atoms with Crippen molar-refractivity contribution in [2.45, 2.75) is 19.8 Å². The van der Waals surface area contributed by atoms with E-state index in [0.717, 1.165) is 24.6 Å². The highest BCUT2D eigenvalue weighted by Gasteiger charge is 2.21. The van der Waals surface area contributed by atoms with Crippen LogP contribution < -0.4 is 4.90 Å². The molecule has 0 atom stereocenters. The Hall–Kier alpha value is -1.63. The average molecular weight is 297 g/mol. The summed E-state index contributed by atoms with van der Waals surface area (Å²) in [5.41, 5.74) is 0.702. The second-order valence-corrected chi connectivity index (χ2v) is 5.53. The Morgan fingerprint density at radius 3 is 3.05 bits per heavy atom. The van der Waals surface area contributed by atoms with Crippen molar-refractivity contribution in [2.75, 3.05) is 38.2 Å². The van der Waals surface area contributed by atoms with Crippen molar-refractivity contribution in [3.05, 3.63) is 11.1 Å². The summed E-state index contributed by atoms with van der Waals surface area (Å²) in [4.78, 5) is 31.4. The number of aromatic nitrogens is 1. The zero-order valence-corrected chi connectivity index (χ0v) is 12.6. The number of amides is 1. The minimum absolute atomic E-state index is 0.102. The van der Waals surface area contributed by atoms with Crippen LogP contribution in [0.5, 0.6) is 0 Å². The number of ether oxygens (including phenoxy) is 1. The highest BCUT2D eigenvalue weighted by Crippen LogP contribution is 2.22. The van der Waals surface area contributed by atoms with Gasteiger partial charge in [-0.15, -0.1) is 11.3 Å². The van der Waals surface area contributed by atoms with Crippen LogP contribution >= 0.6 is 11.3 Å². The van der Waals surface area contributed by atoms with E-state index in [-0.39, 0.29) is 18.3 Å². The van der Waals surface area contributed by atoms with E-state index in [0.29, 0.717) is 18.8 Å². The Balaban J connectivity index is 2.00. The molecule has 20 heavy (non-hydrogen) atoms. The zero-order valence-electron chi connectivity index (χ0n) is 11.8. The van der Waals surface area contributed by atoms with E-state index in [4.69, 9.17) is 4.74 Å². The van der Waals surface area contributed by atoms with Gasteiger partial charge in [0.1, 0.15) is 0 Å². The van der Waals surface area contributed by atoms with Crippen LogP contribution in [-0.4, -0.2) is 55.0 Å². The predicted octanol–water partition coefficient (Wildman–Crippen LogP) is 0.917. The van der Waals surface area contributed by atoms with Gasteiger partial charge in [0, 0.05) is 25.5 Å². The highest BCUT2D eigenvalue weighted by atomic mass is 32.1. The largest absolute Gasteiger partial charge is 0.466 e. The van der Waals surface area contributed by atoms with Crippen LogP contribution in [0.1, 0.15) is 19.0 Å². The summed E-state index contributed by atoms with van der Waals surface area (Å²) in [6.07, 6.45) is 1.11. The second-order valence-electron chi connectivity index (χ2n) is 4.69. The lowest BCUT2D eigenvalue weighted by atomic mass is 10.3. The molecule has 7 heteroatoms. The van der Waals surface area contributed by atoms with Crippen LogP contribution in [0.4, 0.5) is 5.13 Å². The number of anilines is 1. The fourth-order valence-electron chi connectivity index (χ4n) is 2.03. The molecule has 0 bridgehead atoms. The summed E-state index contributed by atoms with van der Waals surface area (Å²) in [5.74, 6) is -0.166. The van der Waals surface area contributed by atoms with E-state index in [9.17, 15) is 9.59 Å². The summed E-state index contributed by atoms with van der Waals surface area (Å²) in [5, 5.41) is 2.65. The van der Waals surface area contributed by atoms with E-state index in [1.807, 2.05) is 17.3 Å². The van der Waals surface area contributed by atoms with E-state index in [1.54, 1.807) is 11.8 Å². The number of thiazole rings is 1. The van der Waals surface area contributed by atoms with Crippen LogP contribution in [0.15, 0.2) is 5.38 Å². The minimum Gasteiger partial charge on any atom is -0.466 e. The van der Waals surface area contributed by atoms with Crippen LogP contribution in [0.2, 0.25) is 0 Å². The molecule has 1 saturated heterocycles. The molecule has 0 radical (unpaired) electrons. The van der Waals surface area contributed by atoms with Crippen molar-refractivity contribution in [1.29, 1.82) is 0 Å². The second kappa shape index (κ2) is 6.69. The van der Waals surface area contributed by atoms with Gasteiger partial charge >= 0.3 is 5.97 Å². The molecule has 1 aromatic heterocycles. The van der Waals surface area contributed by atoms with Gasteiger partial charge in [-0.25, -0.2) is 4.98 Å². The third-order valence-electron chi connectivity index (χ3n) is 3.11. The number of carbonyl (C=O) groups excluding carboxylic acids is 2. The third-order valence-corrected chi connectivity index (χ3v) is 4.06. The van der Waals surface area contributed by atoms with Gasteiger partial charge in [-0.2, -0.15) is 0 Å². The van der Waals surface area contributed by atoms with Crippen molar-refractivity contribution in [3.63, 3.8) is 0 Å². The Labute approximate surface area is 122 Å². The first-order chi connectivity index (χ1) is 9.60.